The van der Waals surface area contributed by atoms with Crippen LogP contribution in [0.15, 0.2) is 65.6 Å². The second-order valence-electron chi connectivity index (χ2n) is 7.58. The van der Waals surface area contributed by atoms with Crippen LogP contribution >= 0.6 is 0 Å². The zero-order valence-electron chi connectivity index (χ0n) is 16.3. The molecule has 4 aromatic rings. The van der Waals surface area contributed by atoms with E-state index < -0.39 is 10.0 Å². The van der Waals surface area contributed by atoms with E-state index in [0.29, 0.717) is 5.69 Å². The van der Waals surface area contributed by atoms with Gasteiger partial charge in [0.2, 0.25) is 0 Å². The van der Waals surface area contributed by atoms with E-state index in [2.05, 4.69) is 21.5 Å². The summed E-state index contributed by atoms with van der Waals surface area (Å²) in [4.78, 5) is 6.18. The number of fused-ring (bicyclic) bond motifs is 4. The lowest BCUT2D eigenvalue weighted by atomic mass is 10.0. The summed E-state index contributed by atoms with van der Waals surface area (Å²) < 4.78 is 28.7. The third kappa shape index (κ3) is 3.28. The molecule has 5 nitrogen and oxygen atoms in total. The maximum absolute atomic E-state index is 13.0. The number of benzene rings is 3. The van der Waals surface area contributed by atoms with Crippen molar-refractivity contribution in [2.24, 2.45) is 0 Å². The number of likely N-dealkylation sites (N-methyl/N-ethyl adjacent to an activating group) is 1. The molecule has 6 heteroatoms. The number of hydrogen-bond acceptors (Lipinski definition) is 3. The molecule has 0 unspecified atom stereocenters. The van der Waals surface area contributed by atoms with E-state index in [4.69, 9.17) is 0 Å². The molecule has 0 aliphatic carbocycles. The van der Waals surface area contributed by atoms with Gasteiger partial charge in [-0.2, -0.15) is 0 Å². The van der Waals surface area contributed by atoms with Crippen LogP contribution in [0.5, 0.6) is 0 Å². The van der Waals surface area contributed by atoms with Gasteiger partial charge in [0.25, 0.3) is 10.0 Å². The van der Waals surface area contributed by atoms with Gasteiger partial charge in [0.15, 0.2) is 0 Å². The van der Waals surface area contributed by atoms with Crippen LogP contribution in [0.2, 0.25) is 0 Å². The Hall–Kier alpha value is -2.83. The van der Waals surface area contributed by atoms with Gasteiger partial charge >= 0.3 is 0 Å². The van der Waals surface area contributed by atoms with Crippen molar-refractivity contribution >= 4 is 37.4 Å². The van der Waals surface area contributed by atoms with Crippen molar-refractivity contribution in [3.63, 3.8) is 0 Å². The van der Waals surface area contributed by atoms with Crippen LogP contribution in [-0.2, 0) is 23.0 Å². The Balaban J connectivity index is 1.49. The number of sulfonamides is 1. The van der Waals surface area contributed by atoms with Gasteiger partial charge in [0.05, 0.1) is 4.90 Å². The topological polar surface area (TPSA) is 65.2 Å². The Labute approximate surface area is 170 Å². The molecular formula is C23H23N3O2S. The highest BCUT2D eigenvalue weighted by Crippen LogP contribution is 2.30. The minimum Gasteiger partial charge on any atom is -0.357 e. The second kappa shape index (κ2) is 6.90. The predicted octanol–water partition coefficient (Wildman–Crippen LogP) is 4.50. The number of aromatic amines is 1. The van der Waals surface area contributed by atoms with E-state index in [1.54, 1.807) is 12.1 Å². The number of aromatic nitrogens is 1. The van der Waals surface area contributed by atoms with Crippen molar-refractivity contribution in [1.82, 2.24) is 9.88 Å². The number of hydrogen-bond donors (Lipinski definition) is 2. The number of nitrogens with zero attached hydrogens (tertiary/aromatic N) is 1. The first-order valence-electron chi connectivity index (χ1n) is 9.91. The first kappa shape index (κ1) is 18.2. The summed E-state index contributed by atoms with van der Waals surface area (Å²) in [5, 5.41) is 3.04. The Morgan fingerprint density at radius 1 is 1.03 bits per heavy atom. The second-order valence-corrected chi connectivity index (χ2v) is 9.26. The molecule has 0 amide bonds. The minimum atomic E-state index is -3.66. The fourth-order valence-corrected chi connectivity index (χ4v) is 5.26. The molecule has 0 saturated carbocycles. The maximum Gasteiger partial charge on any atom is 0.261 e. The average Bonchev–Trinajstić information content (AvgIpc) is 3.10. The minimum absolute atomic E-state index is 0.269. The first-order chi connectivity index (χ1) is 14.0. The summed E-state index contributed by atoms with van der Waals surface area (Å²) in [7, 11) is -3.66. The third-order valence-electron chi connectivity index (χ3n) is 5.78. The fourth-order valence-electron chi connectivity index (χ4n) is 4.18. The average molecular weight is 406 g/mol. The molecule has 0 radical (unpaired) electrons. The van der Waals surface area contributed by atoms with Crippen molar-refractivity contribution < 1.29 is 8.42 Å². The standard InChI is InChI=1S/C23H23N3O2S/c1-2-26-12-11-20-21-14-18(8-10-22(21)24-23(20)15-26)25-29(27,28)19-9-7-16-5-3-4-6-17(16)13-19/h3-10,13-14,24-25H,2,11-12,15H2,1H3. The summed E-state index contributed by atoms with van der Waals surface area (Å²) >= 11 is 0. The van der Waals surface area contributed by atoms with Crippen LogP contribution in [0.25, 0.3) is 21.7 Å². The van der Waals surface area contributed by atoms with Crippen LogP contribution in [0.1, 0.15) is 18.2 Å². The molecule has 29 heavy (non-hydrogen) atoms. The monoisotopic (exact) mass is 405 g/mol. The van der Waals surface area contributed by atoms with Crippen LogP contribution in [0, 0.1) is 0 Å². The quantitative estimate of drug-likeness (QED) is 0.525. The van der Waals surface area contributed by atoms with Crippen molar-refractivity contribution in [3.05, 3.63) is 71.9 Å². The highest BCUT2D eigenvalue weighted by atomic mass is 32.2. The van der Waals surface area contributed by atoms with E-state index in [1.807, 2.05) is 48.5 Å². The molecule has 0 atom stereocenters. The van der Waals surface area contributed by atoms with Gasteiger partial charge in [-0.1, -0.05) is 37.3 Å². The van der Waals surface area contributed by atoms with Crippen molar-refractivity contribution in [1.29, 1.82) is 0 Å². The van der Waals surface area contributed by atoms with E-state index in [0.717, 1.165) is 47.7 Å². The van der Waals surface area contributed by atoms with Crippen molar-refractivity contribution in [3.8, 4) is 0 Å². The molecule has 1 aromatic heterocycles. The van der Waals surface area contributed by atoms with Gasteiger partial charge in [0.1, 0.15) is 0 Å². The van der Waals surface area contributed by atoms with Gasteiger partial charge in [0, 0.05) is 35.4 Å². The molecule has 1 aliphatic rings. The molecule has 148 valence electrons. The Kier molecular flexibility index (Phi) is 4.33. The van der Waals surface area contributed by atoms with Gasteiger partial charge in [-0.3, -0.25) is 9.62 Å². The number of nitrogens with one attached hydrogen (secondary N) is 2. The van der Waals surface area contributed by atoms with Crippen LogP contribution in [0.4, 0.5) is 5.69 Å². The fraction of sp³-hybridized carbons (Fsp3) is 0.217. The van der Waals surface area contributed by atoms with Crippen LogP contribution < -0.4 is 4.72 Å². The van der Waals surface area contributed by atoms with Gasteiger partial charge in [-0.15, -0.1) is 0 Å². The highest BCUT2D eigenvalue weighted by Gasteiger charge is 2.21. The lowest BCUT2D eigenvalue weighted by molar-refractivity contribution is 0.266. The summed E-state index contributed by atoms with van der Waals surface area (Å²) in [6.45, 7) is 5.15. The maximum atomic E-state index is 13.0. The van der Waals surface area contributed by atoms with Crippen molar-refractivity contribution in [2.45, 2.75) is 24.8 Å². The Morgan fingerprint density at radius 3 is 2.69 bits per heavy atom. The molecular weight excluding hydrogens is 382 g/mol. The molecule has 0 bridgehead atoms. The molecule has 5 rings (SSSR count). The number of rotatable bonds is 4. The highest BCUT2D eigenvalue weighted by molar-refractivity contribution is 7.92. The zero-order valence-corrected chi connectivity index (χ0v) is 17.1. The molecule has 1 aliphatic heterocycles. The smallest absolute Gasteiger partial charge is 0.261 e. The van der Waals surface area contributed by atoms with E-state index in [-0.39, 0.29) is 4.90 Å². The normalized spacial score (nSPS) is 14.9. The number of anilines is 1. The van der Waals surface area contributed by atoms with E-state index in [9.17, 15) is 8.42 Å². The van der Waals surface area contributed by atoms with Gasteiger partial charge < -0.3 is 4.98 Å². The van der Waals surface area contributed by atoms with E-state index >= 15 is 0 Å². The Morgan fingerprint density at radius 2 is 1.86 bits per heavy atom. The molecule has 0 fully saturated rings. The number of H-pyrrole nitrogens is 1. The SMILES string of the molecule is CCN1CCc2c([nH]c3ccc(NS(=O)(=O)c4ccc5ccccc5c4)cc23)C1. The summed E-state index contributed by atoms with van der Waals surface area (Å²) in [5.41, 5.74) is 4.19. The molecule has 2 heterocycles. The zero-order chi connectivity index (χ0) is 20.0. The third-order valence-corrected chi connectivity index (χ3v) is 7.16. The molecule has 2 N–H and O–H groups in total. The first-order valence-corrected chi connectivity index (χ1v) is 11.4. The summed E-state index contributed by atoms with van der Waals surface area (Å²) in [5.74, 6) is 0. The lowest BCUT2D eigenvalue weighted by Gasteiger charge is -2.25. The van der Waals surface area contributed by atoms with Crippen LogP contribution in [-0.4, -0.2) is 31.4 Å². The summed E-state index contributed by atoms with van der Waals surface area (Å²) in [6.07, 6.45) is 0.976. The Bertz CT molecular complexity index is 1320. The summed E-state index contributed by atoms with van der Waals surface area (Å²) in [6, 6.07) is 18.7. The largest absolute Gasteiger partial charge is 0.357 e. The van der Waals surface area contributed by atoms with E-state index in [1.165, 1.54) is 11.3 Å². The molecule has 0 saturated heterocycles. The van der Waals surface area contributed by atoms with Crippen molar-refractivity contribution in [2.75, 3.05) is 17.8 Å². The molecule has 3 aromatic carbocycles. The predicted molar refractivity (Wildman–Crippen MR) is 118 cm³/mol. The van der Waals surface area contributed by atoms with Gasteiger partial charge in [-0.25, -0.2) is 8.42 Å². The van der Waals surface area contributed by atoms with Crippen LogP contribution in [0.3, 0.4) is 0 Å². The molecule has 0 spiro atoms. The lowest BCUT2D eigenvalue weighted by Crippen LogP contribution is -2.29. The van der Waals surface area contributed by atoms with Gasteiger partial charge in [-0.05, 0) is 59.6 Å².